The molecule has 0 aromatic heterocycles. The van der Waals surface area contributed by atoms with E-state index in [1.165, 1.54) is 12.1 Å². The van der Waals surface area contributed by atoms with E-state index >= 15 is 0 Å². The maximum atomic E-state index is 13.1. The minimum Gasteiger partial charge on any atom is -0.312 e. The third-order valence-electron chi connectivity index (χ3n) is 1.91. The van der Waals surface area contributed by atoms with Crippen LogP contribution in [0, 0.1) is 11.6 Å². The minimum atomic E-state index is -0.864. The Morgan fingerprint density at radius 1 is 1.40 bits per heavy atom. The molecule has 0 saturated heterocycles. The molecule has 1 unspecified atom stereocenters. The molecule has 15 heavy (non-hydrogen) atoms. The van der Waals surface area contributed by atoms with Crippen LogP contribution in [0.15, 0.2) is 18.2 Å². The molecule has 84 valence electrons. The van der Waals surface area contributed by atoms with Crippen LogP contribution in [0.5, 0.6) is 0 Å². The number of benzene rings is 1. The second-order valence-corrected chi connectivity index (χ2v) is 4.72. The maximum Gasteiger partial charge on any atom is 0.163 e. The summed E-state index contributed by atoms with van der Waals surface area (Å²) in [5.74, 6) is -1.15. The van der Waals surface area contributed by atoms with Crippen LogP contribution in [-0.2, 0) is 17.3 Å². The van der Waals surface area contributed by atoms with Gasteiger partial charge < -0.3 is 5.32 Å². The van der Waals surface area contributed by atoms with Crippen LogP contribution < -0.4 is 5.32 Å². The monoisotopic (exact) mass is 233 g/mol. The van der Waals surface area contributed by atoms with Crippen molar-refractivity contribution in [3.63, 3.8) is 0 Å². The SMILES string of the molecule is CS(=O)CCNCc1cccc(F)c1F. The van der Waals surface area contributed by atoms with Crippen LogP contribution in [0.3, 0.4) is 0 Å². The molecule has 0 saturated carbocycles. The molecule has 1 aromatic rings. The summed E-state index contributed by atoms with van der Waals surface area (Å²) in [6.07, 6.45) is 1.60. The Hall–Kier alpha value is -0.810. The molecule has 0 aliphatic carbocycles. The van der Waals surface area contributed by atoms with E-state index in [0.29, 0.717) is 12.3 Å². The molecule has 0 heterocycles. The minimum absolute atomic E-state index is 0.251. The molecule has 1 atom stereocenters. The van der Waals surface area contributed by atoms with E-state index in [4.69, 9.17) is 0 Å². The predicted octanol–water partition coefficient (Wildman–Crippen LogP) is 1.43. The van der Waals surface area contributed by atoms with E-state index in [0.717, 1.165) is 6.07 Å². The van der Waals surface area contributed by atoms with E-state index in [9.17, 15) is 13.0 Å². The molecule has 1 N–H and O–H groups in total. The summed E-state index contributed by atoms with van der Waals surface area (Å²) in [6.45, 7) is 0.778. The summed E-state index contributed by atoms with van der Waals surface area (Å²) >= 11 is 0. The fourth-order valence-corrected chi connectivity index (χ4v) is 1.56. The summed E-state index contributed by atoms with van der Waals surface area (Å²) in [6, 6.07) is 4.07. The van der Waals surface area contributed by atoms with Crippen LogP contribution in [-0.4, -0.2) is 22.8 Å². The first-order valence-electron chi connectivity index (χ1n) is 4.55. The standard InChI is InChI=1S/C10H13F2NOS/c1-15(14)6-5-13-7-8-3-2-4-9(11)10(8)12/h2-4,13H,5-7H2,1H3. The van der Waals surface area contributed by atoms with Gasteiger partial charge in [0.25, 0.3) is 0 Å². The summed E-state index contributed by atoms with van der Waals surface area (Å²) in [5, 5.41) is 2.90. The number of nitrogens with one attached hydrogen (secondary N) is 1. The molecule has 2 nitrogen and oxygen atoms in total. The van der Waals surface area contributed by atoms with Crippen molar-refractivity contribution < 1.29 is 13.0 Å². The smallest absolute Gasteiger partial charge is 0.163 e. The van der Waals surface area contributed by atoms with E-state index in [1.807, 2.05) is 0 Å². The lowest BCUT2D eigenvalue weighted by Gasteiger charge is -2.05. The van der Waals surface area contributed by atoms with Gasteiger partial charge in [-0.2, -0.15) is 0 Å². The number of hydrogen-bond donors (Lipinski definition) is 1. The first kappa shape index (κ1) is 12.3. The molecular formula is C10H13F2NOS. The van der Waals surface area contributed by atoms with Gasteiger partial charge in [0.05, 0.1) is 0 Å². The molecule has 0 aliphatic rings. The predicted molar refractivity (Wildman–Crippen MR) is 57.0 cm³/mol. The summed E-state index contributed by atoms with van der Waals surface area (Å²) in [7, 11) is -0.864. The van der Waals surface area contributed by atoms with Crippen molar-refractivity contribution in [2.45, 2.75) is 6.54 Å². The Balaban J connectivity index is 2.44. The van der Waals surface area contributed by atoms with Gasteiger partial charge in [0, 0.05) is 41.5 Å². The maximum absolute atomic E-state index is 13.1. The molecule has 1 rings (SSSR count). The first-order chi connectivity index (χ1) is 7.11. The average Bonchev–Trinajstić information content (AvgIpc) is 2.18. The van der Waals surface area contributed by atoms with Crippen molar-refractivity contribution in [1.82, 2.24) is 5.32 Å². The van der Waals surface area contributed by atoms with Gasteiger partial charge in [-0.15, -0.1) is 0 Å². The third kappa shape index (κ3) is 4.05. The topological polar surface area (TPSA) is 29.1 Å². The van der Waals surface area contributed by atoms with Gasteiger partial charge in [-0.1, -0.05) is 12.1 Å². The molecule has 0 spiro atoms. The van der Waals surface area contributed by atoms with Gasteiger partial charge in [-0.25, -0.2) is 8.78 Å². The van der Waals surface area contributed by atoms with Gasteiger partial charge in [-0.3, -0.25) is 4.21 Å². The van der Waals surface area contributed by atoms with Gasteiger partial charge in [0.15, 0.2) is 11.6 Å². The molecule has 1 aromatic carbocycles. The van der Waals surface area contributed by atoms with Gasteiger partial charge in [-0.05, 0) is 6.07 Å². The molecule has 0 bridgehead atoms. The van der Waals surface area contributed by atoms with Crippen molar-refractivity contribution in [3.05, 3.63) is 35.4 Å². The van der Waals surface area contributed by atoms with E-state index in [-0.39, 0.29) is 12.1 Å². The van der Waals surface area contributed by atoms with Gasteiger partial charge in [0.1, 0.15) is 0 Å². The second kappa shape index (κ2) is 5.92. The first-order valence-corrected chi connectivity index (χ1v) is 6.27. The number of halogens is 2. The molecule has 0 amide bonds. The Morgan fingerprint density at radius 3 is 2.80 bits per heavy atom. The summed E-state index contributed by atoms with van der Waals surface area (Å²) < 4.78 is 36.6. The van der Waals surface area contributed by atoms with Crippen molar-refractivity contribution in [1.29, 1.82) is 0 Å². The van der Waals surface area contributed by atoms with E-state index in [1.54, 1.807) is 6.26 Å². The van der Waals surface area contributed by atoms with E-state index < -0.39 is 22.4 Å². The Labute approximate surface area is 90.1 Å². The van der Waals surface area contributed by atoms with Crippen LogP contribution in [0.4, 0.5) is 8.78 Å². The zero-order valence-corrected chi connectivity index (χ0v) is 9.24. The van der Waals surface area contributed by atoms with Crippen molar-refractivity contribution in [2.75, 3.05) is 18.6 Å². The van der Waals surface area contributed by atoms with Gasteiger partial charge in [0.2, 0.25) is 0 Å². The molecule has 0 radical (unpaired) electrons. The highest BCUT2D eigenvalue weighted by Gasteiger charge is 2.06. The van der Waals surface area contributed by atoms with Gasteiger partial charge >= 0.3 is 0 Å². The Bertz CT molecular complexity index is 357. The zero-order chi connectivity index (χ0) is 11.3. The van der Waals surface area contributed by atoms with Crippen molar-refractivity contribution >= 4 is 10.8 Å². The van der Waals surface area contributed by atoms with Crippen molar-refractivity contribution in [3.8, 4) is 0 Å². The quantitative estimate of drug-likeness (QED) is 0.780. The normalized spacial score (nSPS) is 12.7. The van der Waals surface area contributed by atoms with Crippen LogP contribution in [0.1, 0.15) is 5.56 Å². The highest BCUT2D eigenvalue weighted by molar-refractivity contribution is 7.84. The lowest BCUT2D eigenvalue weighted by molar-refractivity contribution is 0.494. The fourth-order valence-electron chi connectivity index (χ4n) is 1.12. The largest absolute Gasteiger partial charge is 0.312 e. The molecule has 5 heteroatoms. The van der Waals surface area contributed by atoms with Crippen LogP contribution >= 0.6 is 0 Å². The molecule has 0 fully saturated rings. The van der Waals surface area contributed by atoms with Crippen molar-refractivity contribution in [2.24, 2.45) is 0 Å². The fraction of sp³-hybridized carbons (Fsp3) is 0.400. The lowest BCUT2D eigenvalue weighted by atomic mass is 10.2. The molecular weight excluding hydrogens is 220 g/mol. The van der Waals surface area contributed by atoms with E-state index in [2.05, 4.69) is 5.32 Å². The molecule has 0 aliphatic heterocycles. The summed E-state index contributed by atoms with van der Waals surface area (Å²) in [5.41, 5.74) is 0.289. The highest BCUT2D eigenvalue weighted by atomic mass is 32.2. The highest BCUT2D eigenvalue weighted by Crippen LogP contribution is 2.10. The Kier molecular flexibility index (Phi) is 4.84. The second-order valence-electron chi connectivity index (χ2n) is 3.17. The summed E-state index contributed by atoms with van der Waals surface area (Å²) in [4.78, 5) is 0. The average molecular weight is 233 g/mol. The number of hydrogen-bond acceptors (Lipinski definition) is 2. The van der Waals surface area contributed by atoms with Crippen LogP contribution in [0.2, 0.25) is 0 Å². The zero-order valence-electron chi connectivity index (χ0n) is 8.43. The third-order valence-corrected chi connectivity index (χ3v) is 2.69. The Morgan fingerprint density at radius 2 is 2.13 bits per heavy atom. The lowest BCUT2D eigenvalue weighted by Crippen LogP contribution is -2.20. The van der Waals surface area contributed by atoms with Crippen LogP contribution in [0.25, 0.3) is 0 Å². The number of rotatable bonds is 5.